The van der Waals surface area contributed by atoms with Gasteiger partial charge in [0.2, 0.25) is 11.8 Å². The molecule has 7 atom stereocenters. The summed E-state index contributed by atoms with van der Waals surface area (Å²) in [5, 5.41) is 12.5. The van der Waals surface area contributed by atoms with Crippen LogP contribution in [0.1, 0.15) is 57.6 Å². The van der Waals surface area contributed by atoms with Crippen LogP contribution in [0.5, 0.6) is 0 Å². The molecule has 1 spiro atoms. The summed E-state index contributed by atoms with van der Waals surface area (Å²) in [7, 11) is 1.52. The molecule has 0 aromatic heterocycles. The van der Waals surface area contributed by atoms with Crippen molar-refractivity contribution in [2.75, 3.05) is 56.3 Å². The van der Waals surface area contributed by atoms with Gasteiger partial charge in [0.05, 0.1) is 24.7 Å². The maximum atomic E-state index is 15.1. The van der Waals surface area contributed by atoms with E-state index in [4.69, 9.17) is 14.2 Å². The molecule has 0 unspecified atom stereocenters. The molecule has 0 aliphatic carbocycles. The minimum atomic E-state index is -1.39. The highest BCUT2D eigenvalue weighted by Crippen LogP contribution is 2.56. The molecule has 2 aromatic carbocycles. The summed E-state index contributed by atoms with van der Waals surface area (Å²) in [6.07, 6.45) is 7.99. The number of aliphatic hydroxyl groups excluding tert-OH is 1. The van der Waals surface area contributed by atoms with Crippen molar-refractivity contribution in [2.45, 2.75) is 75.8 Å². The Balaban J connectivity index is 1.43. The molecule has 4 aliphatic rings. The maximum Gasteiger partial charge on any atom is 0.313 e. The van der Waals surface area contributed by atoms with Gasteiger partial charge in [-0.1, -0.05) is 54.6 Å². The first-order valence-corrected chi connectivity index (χ1v) is 18.9. The highest BCUT2D eigenvalue weighted by molar-refractivity contribution is 6.05. The van der Waals surface area contributed by atoms with E-state index in [1.807, 2.05) is 66.7 Å². The van der Waals surface area contributed by atoms with Crippen molar-refractivity contribution >= 4 is 35.1 Å². The second-order valence-corrected chi connectivity index (χ2v) is 14.1. The number of cyclic esters (lactones) is 1. The Morgan fingerprint density at radius 1 is 0.962 bits per heavy atom. The number of anilines is 2. The number of carbonyl (C=O) groups excluding carboxylic acids is 4. The van der Waals surface area contributed by atoms with E-state index in [1.165, 1.54) is 7.11 Å². The van der Waals surface area contributed by atoms with E-state index >= 15 is 4.79 Å². The third kappa shape index (κ3) is 7.63. The van der Waals surface area contributed by atoms with Gasteiger partial charge in [-0.25, -0.2) is 0 Å². The predicted octanol–water partition coefficient (Wildman–Crippen LogP) is 3.94. The van der Waals surface area contributed by atoms with Crippen LogP contribution in [0.15, 0.2) is 78.9 Å². The smallest absolute Gasteiger partial charge is 0.313 e. The lowest BCUT2D eigenvalue weighted by atomic mass is 9.74. The molecular weight excluding hydrogens is 676 g/mol. The third-order valence-corrected chi connectivity index (χ3v) is 10.9. The van der Waals surface area contributed by atoms with Gasteiger partial charge < -0.3 is 39.3 Å². The van der Waals surface area contributed by atoms with Gasteiger partial charge in [0.25, 0.3) is 5.91 Å². The Morgan fingerprint density at radius 2 is 1.72 bits per heavy atom. The van der Waals surface area contributed by atoms with E-state index in [0.29, 0.717) is 36.9 Å². The number of benzene rings is 2. The number of nitrogens with one attached hydrogen (secondary N) is 1. The van der Waals surface area contributed by atoms with Crippen LogP contribution in [0.4, 0.5) is 11.4 Å². The van der Waals surface area contributed by atoms with Gasteiger partial charge in [-0.15, -0.1) is 0 Å². The zero-order valence-electron chi connectivity index (χ0n) is 30.9. The van der Waals surface area contributed by atoms with Crippen LogP contribution in [0.2, 0.25) is 0 Å². The monoisotopic (exact) mass is 728 g/mol. The number of methoxy groups -OCH3 is 1. The number of aliphatic hydroxyl groups is 1. The van der Waals surface area contributed by atoms with Crippen LogP contribution in [0, 0.1) is 11.8 Å². The van der Waals surface area contributed by atoms with E-state index in [0.717, 1.165) is 18.8 Å². The van der Waals surface area contributed by atoms with E-state index in [1.54, 1.807) is 22.0 Å². The topological polar surface area (TPSA) is 138 Å². The van der Waals surface area contributed by atoms with Crippen molar-refractivity contribution in [3.63, 3.8) is 0 Å². The van der Waals surface area contributed by atoms with E-state index in [9.17, 15) is 19.5 Å². The van der Waals surface area contributed by atoms with Crippen molar-refractivity contribution in [3.8, 4) is 0 Å². The van der Waals surface area contributed by atoms with Crippen LogP contribution in [0.3, 0.4) is 0 Å². The van der Waals surface area contributed by atoms with Gasteiger partial charge >= 0.3 is 5.97 Å². The predicted molar refractivity (Wildman–Crippen MR) is 200 cm³/mol. The standard InChI is InChI=1S/C41H52N4O8/c1-4-43(5-2)29-18-20-30(21-19-29)44-24-12-7-11-17-33(47)42-31(27-51-3)36(28-15-9-6-10-16-28)52-40(50)34-32-22-23-41(53-32)35(34)38(48)45(37(41)39(44)49)25-13-8-14-26-46/h6-7,9-10,12,15-16,18-23,31-32,34-37,46H,4-5,8,11,13-14,17,24-27H2,1-3H3,(H,42,47)/b12-7-/t31-,32+,34-,35-,36-,37+,41-/m0/s1. The second-order valence-electron chi connectivity index (χ2n) is 14.1. The summed E-state index contributed by atoms with van der Waals surface area (Å²) in [5.74, 6) is -3.57. The van der Waals surface area contributed by atoms with Crippen LogP contribution in [-0.4, -0.2) is 104 Å². The zero-order chi connectivity index (χ0) is 37.5. The van der Waals surface area contributed by atoms with Crippen LogP contribution >= 0.6 is 0 Å². The van der Waals surface area contributed by atoms with Crippen molar-refractivity contribution < 1.29 is 38.5 Å². The first-order chi connectivity index (χ1) is 25.8. The number of rotatable bonds is 12. The molecule has 2 fully saturated rings. The third-order valence-electron chi connectivity index (χ3n) is 10.9. The quantitative estimate of drug-likeness (QED) is 0.189. The number of ether oxygens (including phenoxy) is 3. The molecule has 0 radical (unpaired) electrons. The number of hydrogen-bond donors (Lipinski definition) is 2. The molecule has 12 heteroatoms. The number of unbranched alkanes of at least 4 members (excludes halogenated alkanes) is 2. The fourth-order valence-corrected chi connectivity index (χ4v) is 8.33. The molecule has 3 amide bonds. The fourth-order valence-electron chi connectivity index (χ4n) is 8.33. The molecule has 2 N–H and O–H groups in total. The van der Waals surface area contributed by atoms with Crippen molar-refractivity contribution in [1.82, 2.24) is 10.2 Å². The molecule has 12 nitrogen and oxygen atoms in total. The Morgan fingerprint density at radius 3 is 2.42 bits per heavy atom. The molecule has 284 valence electrons. The molecule has 5 bridgehead atoms. The van der Waals surface area contributed by atoms with E-state index < -0.39 is 47.7 Å². The van der Waals surface area contributed by atoms with Gasteiger partial charge in [0.15, 0.2) is 0 Å². The normalized spacial score (nSPS) is 29.3. The molecule has 4 heterocycles. The SMILES string of the molecule is CCN(CC)c1ccc(N2C/C=C\CCC(=O)N[C@@H](COC)[C@H](c3ccccc3)OC(=O)[C@@H]3[C@H]4C(=O)N(CCCCCO)[C@H](C2=O)[C@]42C=C[C@H]3O2)cc1. The summed E-state index contributed by atoms with van der Waals surface area (Å²) in [5.41, 5.74) is 0.952. The van der Waals surface area contributed by atoms with Gasteiger partial charge in [0, 0.05) is 57.7 Å². The van der Waals surface area contributed by atoms with E-state index in [2.05, 4.69) is 24.1 Å². The number of likely N-dealkylation sites (tertiary alicyclic amines) is 1. The largest absolute Gasteiger partial charge is 0.455 e. The maximum absolute atomic E-state index is 15.1. The van der Waals surface area contributed by atoms with Gasteiger partial charge in [0.1, 0.15) is 23.7 Å². The molecule has 2 aromatic rings. The van der Waals surface area contributed by atoms with Crippen molar-refractivity contribution in [1.29, 1.82) is 0 Å². The Bertz CT molecular complexity index is 1660. The zero-order valence-corrected chi connectivity index (χ0v) is 30.9. The Labute approximate surface area is 311 Å². The average Bonchev–Trinajstić information content (AvgIpc) is 3.81. The van der Waals surface area contributed by atoms with Crippen molar-refractivity contribution in [3.05, 3.63) is 84.5 Å². The first kappa shape index (κ1) is 38.2. The summed E-state index contributed by atoms with van der Waals surface area (Å²) in [4.78, 5) is 63.0. The Kier molecular flexibility index (Phi) is 12.3. The number of allylic oxidation sites excluding steroid dienone is 1. The highest BCUT2D eigenvalue weighted by atomic mass is 16.6. The lowest BCUT2D eigenvalue weighted by Gasteiger charge is -2.36. The molecule has 0 saturated carbocycles. The Hall–Kier alpha value is -4.52. The molecule has 6 rings (SSSR count). The highest BCUT2D eigenvalue weighted by Gasteiger charge is 2.73. The summed E-state index contributed by atoms with van der Waals surface area (Å²) >= 11 is 0. The minimum Gasteiger partial charge on any atom is -0.455 e. The van der Waals surface area contributed by atoms with Gasteiger partial charge in [-0.2, -0.15) is 0 Å². The van der Waals surface area contributed by atoms with Gasteiger partial charge in [-0.05, 0) is 69.4 Å². The number of esters is 1. The lowest BCUT2D eigenvalue weighted by Crippen LogP contribution is -2.56. The summed E-state index contributed by atoms with van der Waals surface area (Å²) in [6, 6.07) is 15.2. The molecule has 53 heavy (non-hydrogen) atoms. The van der Waals surface area contributed by atoms with E-state index in [-0.39, 0.29) is 50.4 Å². The average molecular weight is 729 g/mol. The van der Waals surface area contributed by atoms with Gasteiger partial charge in [-0.3, -0.25) is 19.2 Å². The van der Waals surface area contributed by atoms with Crippen LogP contribution < -0.4 is 15.1 Å². The number of hydrogen-bond acceptors (Lipinski definition) is 9. The first-order valence-electron chi connectivity index (χ1n) is 18.9. The number of nitrogens with zero attached hydrogens (tertiary/aromatic N) is 3. The van der Waals surface area contributed by atoms with Crippen molar-refractivity contribution in [2.24, 2.45) is 11.8 Å². The number of amides is 3. The lowest BCUT2D eigenvalue weighted by molar-refractivity contribution is -0.162. The number of fused-ring (bicyclic) bond motifs is 2. The molecule has 2 saturated heterocycles. The fraction of sp³-hybridized carbons (Fsp3) is 0.512. The molecule has 4 aliphatic heterocycles. The van der Waals surface area contributed by atoms with Crippen LogP contribution in [-0.2, 0) is 33.4 Å². The van der Waals surface area contributed by atoms with Crippen LogP contribution in [0.25, 0.3) is 0 Å². The second kappa shape index (κ2) is 17.1. The molecular formula is C41H52N4O8. The summed E-state index contributed by atoms with van der Waals surface area (Å²) < 4.78 is 18.5. The summed E-state index contributed by atoms with van der Waals surface area (Å²) in [6.45, 7) is 6.40. The minimum absolute atomic E-state index is 0.0288. The number of carbonyl (C=O) groups is 4.